The van der Waals surface area contributed by atoms with Gasteiger partial charge in [-0.05, 0) is 32.4 Å². The van der Waals surface area contributed by atoms with Crippen LogP contribution in [0, 0.1) is 11.3 Å². The molecule has 4 nitrogen and oxygen atoms in total. The van der Waals surface area contributed by atoms with Crippen LogP contribution in [0.3, 0.4) is 0 Å². The van der Waals surface area contributed by atoms with Crippen LogP contribution in [0.4, 0.5) is 0 Å². The van der Waals surface area contributed by atoms with Crippen LogP contribution in [0.2, 0.25) is 5.02 Å². The molecule has 0 spiro atoms. The molecule has 0 saturated heterocycles. The summed E-state index contributed by atoms with van der Waals surface area (Å²) < 4.78 is 5.49. The second kappa shape index (κ2) is 6.44. The first-order valence-corrected chi connectivity index (χ1v) is 6.44. The van der Waals surface area contributed by atoms with Gasteiger partial charge in [0.05, 0.1) is 11.1 Å². The summed E-state index contributed by atoms with van der Waals surface area (Å²) in [6, 6.07) is 9.01. The van der Waals surface area contributed by atoms with Gasteiger partial charge >= 0.3 is 0 Å². The number of nitrogens with zero attached hydrogens (tertiary/aromatic N) is 1. The maximum absolute atomic E-state index is 12.0. The summed E-state index contributed by atoms with van der Waals surface area (Å²) in [6.07, 6.45) is -0.201. The van der Waals surface area contributed by atoms with Crippen molar-refractivity contribution in [2.24, 2.45) is 0 Å². The summed E-state index contributed by atoms with van der Waals surface area (Å²) in [5.41, 5.74) is -0.880. The number of nitrogens with one attached hydrogen (secondary N) is 1. The number of para-hydroxylation sites is 1. The lowest BCUT2D eigenvalue weighted by molar-refractivity contribution is -0.128. The summed E-state index contributed by atoms with van der Waals surface area (Å²) in [5, 5.41) is 12.1. The minimum Gasteiger partial charge on any atom is -0.479 e. The normalized spacial score (nSPS) is 14.9. The molecule has 102 valence electrons. The number of nitriles is 1. The van der Waals surface area contributed by atoms with Gasteiger partial charge < -0.3 is 10.1 Å². The zero-order valence-corrected chi connectivity index (χ0v) is 12.0. The SMILES string of the molecule is CCC(C)(C#N)NC(=O)C(C)Oc1ccccc1Cl. The summed E-state index contributed by atoms with van der Waals surface area (Å²) >= 11 is 5.95. The van der Waals surface area contributed by atoms with Gasteiger partial charge in [-0.25, -0.2) is 0 Å². The number of benzene rings is 1. The lowest BCUT2D eigenvalue weighted by Crippen LogP contribution is -2.49. The zero-order chi connectivity index (χ0) is 14.5. The second-order valence-corrected chi connectivity index (χ2v) is 4.88. The molecule has 0 aliphatic carbocycles. The average molecular weight is 281 g/mol. The third kappa shape index (κ3) is 4.15. The summed E-state index contributed by atoms with van der Waals surface area (Å²) in [6.45, 7) is 5.13. The Labute approximate surface area is 118 Å². The van der Waals surface area contributed by atoms with Crippen LogP contribution in [0.25, 0.3) is 0 Å². The van der Waals surface area contributed by atoms with Crippen molar-refractivity contribution in [3.05, 3.63) is 29.3 Å². The van der Waals surface area contributed by atoms with Crippen LogP contribution in [0.1, 0.15) is 27.2 Å². The fourth-order valence-electron chi connectivity index (χ4n) is 1.35. The van der Waals surface area contributed by atoms with Crippen molar-refractivity contribution >= 4 is 17.5 Å². The van der Waals surface area contributed by atoms with E-state index >= 15 is 0 Å². The van der Waals surface area contributed by atoms with Gasteiger partial charge in [-0.3, -0.25) is 4.79 Å². The smallest absolute Gasteiger partial charge is 0.262 e. The molecule has 0 fully saturated rings. The summed E-state index contributed by atoms with van der Waals surface area (Å²) in [7, 11) is 0. The third-order valence-electron chi connectivity index (χ3n) is 2.86. The Hall–Kier alpha value is -1.73. The van der Waals surface area contributed by atoms with Crippen molar-refractivity contribution in [3.8, 4) is 11.8 Å². The number of hydrogen-bond donors (Lipinski definition) is 1. The highest BCUT2D eigenvalue weighted by Crippen LogP contribution is 2.24. The maximum atomic E-state index is 12.0. The first-order valence-electron chi connectivity index (χ1n) is 6.06. The van der Waals surface area contributed by atoms with Gasteiger partial charge in [0, 0.05) is 0 Å². The van der Waals surface area contributed by atoms with Crippen LogP contribution in [0.5, 0.6) is 5.75 Å². The molecular weight excluding hydrogens is 264 g/mol. The quantitative estimate of drug-likeness (QED) is 0.902. The molecule has 0 bridgehead atoms. The summed E-state index contributed by atoms with van der Waals surface area (Å²) in [4.78, 5) is 12.0. The first-order chi connectivity index (χ1) is 8.91. The predicted molar refractivity (Wildman–Crippen MR) is 74.0 cm³/mol. The Morgan fingerprint density at radius 1 is 1.58 bits per heavy atom. The molecule has 2 atom stereocenters. The fourth-order valence-corrected chi connectivity index (χ4v) is 1.53. The molecule has 1 aromatic carbocycles. The molecule has 0 radical (unpaired) electrons. The third-order valence-corrected chi connectivity index (χ3v) is 3.17. The lowest BCUT2D eigenvalue weighted by atomic mass is 10.0. The number of carbonyl (C=O) groups excluding carboxylic acids is 1. The highest BCUT2D eigenvalue weighted by molar-refractivity contribution is 6.32. The second-order valence-electron chi connectivity index (χ2n) is 4.48. The minimum atomic E-state index is -0.880. The van der Waals surface area contributed by atoms with Crippen LogP contribution < -0.4 is 10.1 Å². The largest absolute Gasteiger partial charge is 0.479 e. The Morgan fingerprint density at radius 3 is 2.74 bits per heavy atom. The van der Waals surface area contributed by atoms with Crippen molar-refractivity contribution in [3.63, 3.8) is 0 Å². The van der Waals surface area contributed by atoms with E-state index in [1.165, 1.54) is 0 Å². The van der Waals surface area contributed by atoms with Crippen LogP contribution in [-0.4, -0.2) is 17.6 Å². The zero-order valence-electron chi connectivity index (χ0n) is 11.2. The lowest BCUT2D eigenvalue weighted by Gasteiger charge is -2.24. The molecule has 19 heavy (non-hydrogen) atoms. The molecule has 0 saturated carbocycles. The standard InChI is InChI=1S/C14H17ClN2O2/c1-4-14(3,9-16)17-13(18)10(2)19-12-8-6-5-7-11(12)15/h5-8,10H,4H2,1-3H3,(H,17,18). The van der Waals surface area contributed by atoms with E-state index in [-0.39, 0.29) is 5.91 Å². The fraction of sp³-hybridized carbons (Fsp3) is 0.429. The van der Waals surface area contributed by atoms with Gasteiger partial charge in [-0.2, -0.15) is 5.26 Å². The molecular formula is C14H17ClN2O2. The van der Waals surface area contributed by atoms with E-state index in [1.807, 2.05) is 6.92 Å². The van der Waals surface area contributed by atoms with Crippen LogP contribution in [-0.2, 0) is 4.79 Å². The van der Waals surface area contributed by atoms with Gasteiger partial charge in [0.15, 0.2) is 6.10 Å². The Kier molecular flexibility index (Phi) is 5.20. The van der Waals surface area contributed by atoms with Gasteiger partial charge in [0.1, 0.15) is 11.3 Å². The molecule has 1 rings (SSSR count). The Morgan fingerprint density at radius 2 is 2.21 bits per heavy atom. The monoisotopic (exact) mass is 280 g/mol. The predicted octanol–water partition coefficient (Wildman–Crippen LogP) is 2.92. The number of ether oxygens (including phenoxy) is 1. The van der Waals surface area contributed by atoms with Crippen LogP contribution >= 0.6 is 11.6 Å². The molecule has 2 unspecified atom stereocenters. The molecule has 0 aromatic heterocycles. The Balaban J connectivity index is 2.69. The van der Waals surface area contributed by atoms with Crippen molar-refractivity contribution in [1.82, 2.24) is 5.32 Å². The summed E-state index contributed by atoms with van der Waals surface area (Å²) in [5.74, 6) is 0.104. The van der Waals surface area contributed by atoms with Crippen molar-refractivity contribution in [2.75, 3.05) is 0 Å². The highest BCUT2D eigenvalue weighted by Gasteiger charge is 2.27. The molecule has 1 aromatic rings. The average Bonchev–Trinajstić information content (AvgIpc) is 2.41. The van der Waals surface area contributed by atoms with E-state index in [9.17, 15) is 4.79 Å². The van der Waals surface area contributed by atoms with Gasteiger partial charge in [0.2, 0.25) is 0 Å². The molecule has 0 heterocycles. The van der Waals surface area contributed by atoms with E-state index in [0.29, 0.717) is 17.2 Å². The van der Waals surface area contributed by atoms with E-state index in [0.717, 1.165) is 0 Å². The number of rotatable bonds is 5. The van der Waals surface area contributed by atoms with Crippen molar-refractivity contribution < 1.29 is 9.53 Å². The molecule has 0 aliphatic heterocycles. The maximum Gasteiger partial charge on any atom is 0.262 e. The van der Waals surface area contributed by atoms with Gasteiger partial charge in [0.25, 0.3) is 5.91 Å². The molecule has 1 N–H and O–H groups in total. The van der Waals surface area contributed by atoms with Crippen molar-refractivity contribution in [1.29, 1.82) is 5.26 Å². The van der Waals surface area contributed by atoms with E-state index in [2.05, 4.69) is 11.4 Å². The number of amides is 1. The molecule has 0 aliphatic rings. The first kappa shape index (κ1) is 15.3. The topological polar surface area (TPSA) is 62.1 Å². The van der Waals surface area contributed by atoms with Gasteiger partial charge in [-0.1, -0.05) is 30.7 Å². The van der Waals surface area contributed by atoms with E-state index in [1.54, 1.807) is 38.1 Å². The van der Waals surface area contributed by atoms with E-state index in [4.69, 9.17) is 21.6 Å². The van der Waals surface area contributed by atoms with Crippen molar-refractivity contribution in [2.45, 2.75) is 38.8 Å². The highest BCUT2D eigenvalue weighted by atomic mass is 35.5. The minimum absolute atomic E-state index is 0.342. The van der Waals surface area contributed by atoms with E-state index < -0.39 is 11.6 Å². The molecule has 5 heteroatoms. The van der Waals surface area contributed by atoms with Crippen LogP contribution in [0.15, 0.2) is 24.3 Å². The number of hydrogen-bond acceptors (Lipinski definition) is 3. The Bertz CT molecular complexity index is 498. The number of halogens is 1. The molecule has 1 amide bonds. The van der Waals surface area contributed by atoms with Gasteiger partial charge in [-0.15, -0.1) is 0 Å². The number of carbonyl (C=O) groups is 1.